The number of hydrogen-bond donors (Lipinski definition) is 1. The Morgan fingerprint density at radius 1 is 1.14 bits per heavy atom. The van der Waals surface area contributed by atoms with E-state index in [1.165, 1.54) is 4.90 Å². The molecule has 1 saturated heterocycles. The highest BCUT2D eigenvalue weighted by Gasteiger charge is 2.59. The Hall–Kier alpha value is -2.10. The molecule has 2 fully saturated rings. The van der Waals surface area contributed by atoms with Gasteiger partial charge in [-0.15, -0.1) is 0 Å². The number of imide groups is 1. The summed E-state index contributed by atoms with van der Waals surface area (Å²) in [6, 6.07) is 7.94. The van der Waals surface area contributed by atoms with E-state index in [-0.39, 0.29) is 42.2 Å². The number of benzene rings is 1. The normalized spacial score (nSPS) is 32.9. The number of nitrogens with zero attached hydrogens (tertiary/aromatic N) is 1. The highest BCUT2D eigenvalue weighted by Crippen LogP contribution is 2.52. The van der Waals surface area contributed by atoms with E-state index in [0.29, 0.717) is 0 Å². The standard InChI is InChI=1S/C17H18N2O2/c1-10-3-2-4-13(7-10)18-9-19-16(20)14-11-5-6-12(8-11)15(14)17(19)21/h2-7,11-12,14-15,18H,8-9H2,1H3/t11-,12-,14-,15-/m0/s1. The average molecular weight is 282 g/mol. The first-order valence-electron chi connectivity index (χ1n) is 7.49. The lowest BCUT2D eigenvalue weighted by atomic mass is 9.85. The number of carbonyl (C=O) groups is 2. The number of hydrogen-bond acceptors (Lipinski definition) is 3. The summed E-state index contributed by atoms with van der Waals surface area (Å²) in [5.41, 5.74) is 2.09. The first-order chi connectivity index (χ1) is 10.1. The second-order valence-corrected chi connectivity index (χ2v) is 6.31. The van der Waals surface area contributed by atoms with Crippen molar-refractivity contribution in [3.8, 4) is 0 Å². The zero-order valence-electron chi connectivity index (χ0n) is 12.0. The number of nitrogens with one attached hydrogen (secondary N) is 1. The number of amides is 2. The quantitative estimate of drug-likeness (QED) is 0.683. The van der Waals surface area contributed by atoms with Crippen LogP contribution in [0.1, 0.15) is 12.0 Å². The molecular formula is C17H18N2O2. The van der Waals surface area contributed by atoms with Crippen LogP contribution < -0.4 is 5.32 Å². The molecule has 3 aliphatic rings. The molecule has 1 aromatic rings. The Morgan fingerprint density at radius 2 is 1.81 bits per heavy atom. The maximum Gasteiger partial charge on any atom is 0.235 e. The van der Waals surface area contributed by atoms with Crippen LogP contribution in [0, 0.1) is 30.6 Å². The van der Waals surface area contributed by atoms with Gasteiger partial charge in [-0.3, -0.25) is 14.5 Å². The average Bonchev–Trinajstić information content (AvgIpc) is 3.12. The highest BCUT2D eigenvalue weighted by molar-refractivity contribution is 6.06. The predicted molar refractivity (Wildman–Crippen MR) is 79.2 cm³/mol. The molecular weight excluding hydrogens is 264 g/mol. The molecule has 2 bridgehead atoms. The van der Waals surface area contributed by atoms with Gasteiger partial charge in [0.05, 0.1) is 18.5 Å². The van der Waals surface area contributed by atoms with Gasteiger partial charge in [0.25, 0.3) is 0 Å². The van der Waals surface area contributed by atoms with Crippen LogP contribution in [0.5, 0.6) is 0 Å². The molecule has 0 spiro atoms. The number of fused-ring (bicyclic) bond motifs is 5. The van der Waals surface area contributed by atoms with Crippen molar-refractivity contribution in [2.75, 3.05) is 12.0 Å². The molecule has 0 radical (unpaired) electrons. The monoisotopic (exact) mass is 282 g/mol. The van der Waals surface area contributed by atoms with E-state index in [4.69, 9.17) is 0 Å². The minimum Gasteiger partial charge on any atom is -0.367 e. The molecule has 2 amide bonds. The third kappa shape index (κ3) is 1.82. The largest absolute Gasteiger partial charge is 0.367 e. The van der Waals surface area contributed by atoms with Gasteiger partial charge in [-0.05, 0) is 42.9 Å². The van der Waals surface area contributed by atoms with Crippen LogP contribution >= 0.6 is 0 Å². The molecule has 0 aromatic heterocycles. The SMILES string of the molecule is Cc1cccc(NCN2C(=O)[C@@H]3[C@@H](C2=O)[C@H]2C=C[C@H]3C2)c1. The molecule has 1 aromatic carbocycles. The third-order valence-electron chi connectivity index (χ3n) is 5.02. The molecule has 4 nitrogen and oxygen atoms in total. The summed E-state index contributed by atoms with van der Waals surface area (Å²) < 4.78 is 0. The van der Waals surface area contributed by atoms with Gasteiger partial charge in [0.2, 0.25) is 11.8 Å². The van der Waals surface area contributed by atoms with E-state index in [9.17, 15) is 9.59 Å². The molecule has 1 saturated carbocycles. The minimum absolute atomic E-state index is 0.00185. The number of allylic oxidation sites excluding steroid dienone is 2. The van der Waals surface area contributed by atoms with Crippen molar-refractivity contribution >= 4 is 17.5 Å². The van der Waals surface area contributed by atoms with Crippen molar-refractivity contribution in [1.29, 1.82) is 0 Å². The Kier molecular flexibility index (Phi) is 2.67. The van der Waals surface area contributed by atoms with Crippen molar-refractivity contribution in [3.63, 3.8) is 0 Å². The van der Waals surface area contributed by atoms with Crippen LogP contribution in [0.2, 0.25) is 0 Å². The van der Waals surface area contributed by atoms with E-state index < -0.39 is 0 Å². The number of rotatable bonds is 3. The molecule has 0 unspecified atom stereocenters. The van der Waals surface area contributed by atoms with E-state index in [0.717, 1.165) is 17.7 Å². The molecule has 1 N–H and O–H groups in total. The van der Waals surface area contributed by atoms with Gasteiger partial charge in [-0.1, -0.05) is 24.3 Å². The van der Waals surface area contributed by atoms with Crippen molar-refractivity contribution in [1.82, 2.24) is 4.90 Å². The molecule has 4 rings (SSSR count). The minimum atomic E-state index is -0.105. The van der Waals surface area contributed by atoms with Crippen molar-refractivity contribution < 1.29 is 9.59 Å². The van der Waals surface area contributed by atoms with Crippen molar-refractivity contribution in [2.45, 2.75) is 13.3 Å². The Labute approximate surface area is 123 Å². The van der Waals surface area contributed by atoms with Gasteiger partial charge in [-0.25, -0.2) is 0 Å². The van der Waals surface area contributed by atoms with Crippen LogP contribution in [-0.2, 0) is 9.59 Å². The van der Waals surface area contributed by atoms with Crippen LogP contribution in [0.15, 0.2) is 36.4 Å². The van der Waals surface area contributed by atoms with E-state index in [1.54, 1.807) is 0 Å². The zero-order valence-corrected chi connectivity index (χ0v) is 12.0. The highest BCUT2D eigenvalue weighted by atomic mass is 16.2. The number of anilines is 1. The summed E-state index contributed by atoms with van der Waals surface area (Å²) in [7, 11) is 0. The molecule has 1 heterocycles. The van der Waals surface area contributed by atoms with Crippen molar-refractivity contribution in [3.05, 3.63) is 42.0 Å². The third-order valence-corrected chi connectivity index (χ3v) is 5.02. The maximum atomic E-state index is 12.5. The van der Waals surface area contributed by atoms with Gasteiger partial charge in [-0.2, -0.15) is 0 Å². The fraction of sp³-hybridized carbons (Fsp3) is 0.412. The van der Waals surface area contributed by atoms with Gasteiger partial charge in [0.1, 0.15) is 0 Å². The van der Waals surface area contributed by atoms with E-state index in [2.05, 4.69) is 17.5 Å². The lowest BCUT2D eigenvalue weighted by Gasteiger charge is -2.18. The zero-order chi connectivity index (χ0) is 14.6. The second kappa shape index (κ2) is 4.45. The number of aryl methyl sites for hydroxylation is 1. The molecule has 2 aliphatic carbocycles. The van der Waals surface area contributed by atoms with Gasteiger partial charge < -0.3 is 5.32 Å². The van der Waals surface area contributed by atoms with Crippen LogP contribution in [0.25, 0.3) is 0 Å². The smallest absolute Gasteiger partial charge is 0.235 e. The van der Waals surface area contributed by atoms with Crippen LogP contribution in [0.3, 0.4) is 0 Å². The summed E-state index contributed by atoms with van der Waals surface area (Å²) in [6.07, 6.45) is 5.22. The topological polar surface area (TPSA) is 49.4 Å². The van der Waals surface area contributed by atoms with Gasteiger partial charge in [0, 0.05) is 5.69 Å². The van der Waals surface area contributed by atoms with Crippen LogP contribution in [0.4, 0.5) is 5.69 Å². The number of carbonyl (C=O) groups excluding carboxylic acids is 2. The lowest BCUT2D eigenvalue weighted by Crippen LogP contribution is -2.37. The first kappa shape index (κ1) is 12.6. The van der Waals surface area contributed by atoms with Crippen LogP contribution in [-0.4, -0.2) is 23.4 Å². The summed E-state index contributed by atoms with van der Waals surface area (Å²) in [5.74, 6) is 0.350. The van der Waals surface area contributed by atoms with E-state index >= 15 is 0 Å². The maximum absolute atomic E-state index is 12.5. The summed E-state index contributed by atoms with van der Waals surface area (Å²) in [6.45, 7) is 2.29. The molecule has 4 atom stereocenters. The van der Waals surface area contributed by atoms with Gasteiger partial charge in [0.15, 0.2) is 0 Å². The lowest BCUT2D eigenvalue weighted by molar-refractivity contribution is -0.140. The molecule has 1 aliphatic heterocycles. The Bertz CT molecular complexity index is 622. The second-order valence-electron chi connectivity index (χ2n) is 6.31. The molecule has 108 valence electrons. The summed E-state index contributed by atoms with van der Waals surface area (Å²) >= 11 is 0. The first-order valence-corrected chi connectivity index (χ1v) is 7.49. The molecule has 21 heavy (non-hydrogen) atoms. The Balaban J connectivity index is 1.50. The fourth-order valence-electron chi connectivity index (χ4n) is 4.05. The Morgan fingerprint density at radius 3 is 2.43 bits per heavy atom. The number of likely N-dealkylation sites (tertiary alicyclic amines) is 1. The van der Waals surface area contributed by atoms with Gasteiger partial charge >= 0.3 is 0 Å². The summed E-state index contributed by atoms with van der Waals surface area (Å²) in [5, 5.41) is 3.19. The molecule has 4 heteroatoms. The predicted octanol–water partition coefficient (Wildman–Crippen LogP) is 2.17. The fourth-order valence-corrected chi connectivity index (χ4v) is 4.05. The van der Waals surface area contributed by atoms with E-state index in [1.807, 2.05) is 31.2 Å². The van der Waals surface area contributed by atoms with Crippen molar-refractivity contribution in [2.24, 2.45) is 23.7 Å². The summed E-state index contributed by atoms with van der Waals surface area (Å²) in [4.78, 5) is 26.4.